The van der Waals surface area contributed by atoms with E-state index >= 15 is 0 Å². The van der Waals surface area contributed by atoms with Crippen LogP contribution in [-0.2, 0) is 21.2 Å². The number of anilines is 1. The third-order valence-corrected chi connectivity index (χ3v) is 6.85. The van der Waals surface area contributed by atoms with Gasteiger partial charge in [-0.15, -0.1) is 0 Å². The van der Waals surface area contributed by atoms with Gasteiger partial charge < -0.3 is 9.73 Å². The van der Waals surface area contributed by atoms with Gasteiger partial charge in [-0.25, -0.2) is 17.8 Å². The highest BCUT2D eigenvalue weighted by Crippen LogP contribution is 2.24. The molecule has 1 aromatic heterocycles. The van der Waals surface area contributed by atoms with Gasteiger partial charge in [0.1, 0.15) is 5.82 Å². The van der Waals surface area contributed by atoms with Crippen LogP contribution in [0.1, 0.15) is 26.2 Å². The van der Waals surface area contributed by atoms with E-state index in [2.05, 4.69) is 10.3 Å². The molecule has 0 fully saturated rings. The monoisotopic (exact) mass is 445 g/mol. The maximum absolute atomic E-state index is 13.8. The van der Waals surface area contributed by atoms with E-state index in [9.17, 15) is 17.6 Å². The van der Waals surface area contributed by atoms with E-state index in [1.54, 1.807) is 44.2 Å². The molecule has 0 radical (unpaired) electrons. The Morgan fingerprint density at radius 3 is 2.48 bits per heavy atom. The highest BCUT2D eigenvalue weighted by atomic mass is 32.2. The predicted molar refractivity (Wildman–Crippen MR) is 115 cm³/mol. The highest BCUT2D eigenvalue weighted by Gasteiger charge is 2.22. The second-order valence-electron chi connectivity index (χ2n) is 7.29. The summed E-state index contributed by atoms with van der Waals surface area (Å²) in [5.74, 6) is -0.0585. The molecule has 3 rings (SSSR count). The van der Waals surface area contributed by atoms with E-state index in [-0.39, 0.29) is 29.7 Å². The number of hydrogen-bond donors (Lipinski definition) is 1. The number of carbonyl (C=O) groups is 1. The number of nitrogens with one attached hydrogen (secondary N) is 1. The third kappa shape index (κ3) is 5.36. The smallest absolute Gasteiger partial charge is 0.243 e. The number of rotatable bonds is 8. The Balaban J connectivity index is 1.58. The minimum Gasteiger partial charge on any atom is -0.441 e. The molecule has 1 amide bonds. The molecule has 0 spiro atoms. The lowest BCUT2D eigenvalue weighted by molar-refractivity contribution is -0.116. The van der Waals surface area contributed by atoms with Crippen molar-refractivity contribution in [2.45, 2.75) is 37.6 Å². The van der Waals surface area contributed by atoms with Crippen LogP contribution in [0.25, 0.3) is 11.3 Å². The number of carbonyl (C=O) groups excluding carboxylic acids is 1. The van der Waals surface area contributed by atoms with Crippen molar-refractivity contribution in [1.29, 1.82) is 0 Å². The number of amides is 1. The predicted octanol–water partition coefficient (Wildman–Crippen LogP) is 4.08. The van der Waals surface area contributed by atoms with Gasteiger partial charge in [-0.1, -0.05) is 12.1 Å². The van der Waals surface area contributed by atoms with Gasteiger partial charge in [-0.2, -0.15) is 4.31 Å². The Bertz CT molecular complexity index is 1160. The van der Waals surface area contributed by atoms with Crippen molar-refractivity contribution < 1.29 is 22.0 Å². The van der Waals surface area contributed by atoms with E-state index in [1.807, 2.05) is 0 Å². The fourth-order valence-electron chi connectivity index (χ4n) is 2.81. The Morgan fingerprint density at radius 2 is 1.84 bits per heavy atom. The molecule has 2 aromatic carbocycles. The lowest BCUT2D eigenvalue weighted by Crippen LogP contribution is -2.33. The number of halogens is 1. The molecule has 31 heavy (non-hydrogen) atoms. The summed E-state index contributed by atoms with van der Waals surface area (Å²) in [6.45, 7) is 3.58. The molecule has 7 nitrogen and oxygen atoms in total. The molecule has 164 valence electrons. The molecule has 0 unspecified atom stereocenters. The van der Waals surface area contributed by atoms with Crippen molar-refractivity contribution in [3.05, 3.63) is 66.4 Å². The first-order valence-electron chi connectivity index (χ1n) is 9.76. The van der Waals surface area contributed by atoms with Crippen molar-refractivity contribution in [1.82, 2.24) is 9.29 Å². The highest BCUT2D eigenvalue weighted by molar-refractivity contribution is 7.89. The average molecular weight is 446 g/mol. The van der Waals surface area contributed by atoms with Crippen LogP contribution in [0.3, 0.4) is 0 Å². The van der Waals surface area contributed by atoms with Gasteiger partial charge >= 0.3 is 0 Å². The molecule has 1 N–H and O–H groups in total. The summed E-state index contributed by atoms with van der Waals surface area (Å²) in [5.41, 5.74) is 0.791. The van der Waals surface area contributed by atoms with Gasteiger partial charge in [-0.3, -0.25) is 4.79 Å². The number of sulfonamides is 1. The van der Waals surface area contributed by atoms with Crippen molar-refractivity contribution in [3.63, 3.8) is 0 Å². The summed E-state index contributed by atoms with van der Waals surface area (Å²) in [7, 11) is -2.06. The normalized spacial score (nSPS) is 11.8. The number of aryl methyl sites for hydroxylation is 1. The lowest BCUT2D eigenvalue weighted by Gasteiger charge is -2.21. The molecule has 9 heteroatoms. The number of nitrogens with zero attached hydrogens (tertiary/aromatic N) is 2. The maximum atomic E-state index is 13.8. The fourth-order valence-corrected chi connectivity index (χ4v) is 4.18. The first-order chi connectivity index (χ1) is 14.7. The van der Waals surface area contributed by atoms with Gasteiger partial charge in [0.25, 0.3) is 0 Å². The first-order valence-corrected chi connectivity index (χ1v) is 11.2. The average Bonchev–Trinajstić information content (AvgIpc) is 3.21. The minimum atomic E-state index is -3.58. The molecule has 0 aliphatic heterocycles. The van der Waals surface area contributed by atoms with Crippen LogP contribution in [0.4, 0.5) is 10.1 Å². The summed E-state index contributed by atoms with van der Waals surface area (Å²) < 4.78 is 45.6. The van der Waals surface area contributed by atoms with E-state index in [0.717, 1.165) is 0 Å². The van der Waals surface area contributed by atoms with Gasteiger partial charge in [-0.05, 0) is 50.2 Å². The maximum Gasteiger partial charge on any atom is 0.243 e. The Labute approximate surface area is 181 Å². The molecule has 0 bridgehead atoms. The van der Waals surface area contributed by atoms with Crippen LogP contribution in [0, 0.1) is 5.82 Å². The van der Waals surface area contributed by atoms with E-state index < -0.39 is 15.8 Å². The zero-order valence-corrected chi connectivity index (χ0v) is 18.3. The Kier molecular flexibility index (Phi) is 6.87. The molecule has 3 aromatic rings. The summed E-state index contributed by atoms with van der Waals surface area (Å²) in [5, 5.41) is 2.71. The fraction of sp³-hybridized carbons (Fsp3) is 0.273. The molecule has 0 aliphatic rings. The van der Waals surface area contributed by atoms with Crippen molar-refractivity contribution in [2.24, 2.45) is 0 Å². The quantitative estimate of drug-likeness (QED) is 0.564. The molecule has 0 aliphatic carbocycles. The number of oxazole rings is 1. The summed E-state index contributed by atoms with van der Waals surface area (Å²) in [6, 6.07) is 12.0. The SMILES string of the molecule is CC(C)N(C)S(=O)(=O)c1ccc(NC(=O)CCc2ncc(-c3ccccc3F)o2)cc1. The molecule has 0 atom stereocenters. The van der Waals surface area contributed by atoms with Gasteiger partial charge in [0.2, 0.25) is 15.9 Å². The van der Waals surface area contributed by atoms with E-state index in [4.69, 9.17) is 4.42 Å². The second-order valence-corrected chi connectivity index (χ2v) is 9.28. The lowest BCUT2D eigenvalue weighted by atomic mass is 10.2. The molecular formula is C22H24FN3O4S. The Morgan fingerprint density at radius 1 is 1.16 bits per heavy atom. The Hall–Kier alpha value is -3.04. The van der Waals surface area contributed by atoms with Crippen LogP contribution in [0.2, 0.25) is 0 Å². The van der Waals surface area contributed by atoms with E-state index in [0.29, 0.717) is 22.9 Å². The van der Waals surface area contributed by atoms with Gasteiger partial charge in [0.15, 0.2) is 11.7 Å². The van der Waals surface area contributed by atoms with E-state index in [1.165, 1.54) is 35.7 Å². The van der Waals surface area contributed by atoms with Crippen LogP contribution >= 0.6 is 0 Å². The van der Waals surface area contributed by atoms with Crippen LogP contribution in [0.15, 0.2) is 64.0 Å². The standard InChI is InChI=1S/C22H24FN3O4S/c1-15(2)26(3)31(28,29)17-10-8-16(9-11-17)25-21(27)12-13-22-24-14-20(30-22)18-6-4-5-7-19(18)23/h4-11,14-15H,12-13H2,1-3H3,(H,25,27). The summed E-state index contributed by atoms with van der Waals surface area (Å²) in [6.07, 6.45) is 1.78. The number of benzene rings is 2. The molecule has 1 heterocycles. The number of hydrogen-bond acceptors (Lipinski definition) is 5. The summed E-state index contributed by atoms with van der Waals surface area (Å²) >= 11 is 0. The van der Waals surface area contributed by atoms with Crippen molar-refractivity contribution in [2.75, 3.05) is 12.4 Å². The van der Waals surface area contributed by atoms with Crippen LogP contribution < -0.4 is 5.32 Å². The largest absolute Gasteiger partial charge is 0.441 e. The number of aromatic nitrogens is 1. The van der Waals surface area contributed by atoms with Crippen molar-refractivity contribution >= 4 is 21.6 Å². The second kappa shape index (κ2) is 9.40. The van der Waals surface area contributed by atoms with Crippen LogP contribution in [0.5, 0.6) is 0 Å². The zero-order valence-electron chi connectivity index (χ0n) is 17.5. The third-order valence-electron chi connectivity index (χ3n) is 4.80. The van der Waals surface area contributed by atoms with Crippen molar-refractivity contribution in [3.8, 4) is 11.3 Å². The van der Waals surface area contributed by atoms with Gasteiger partial charge in [0.05, 0.1) is 16.7 Å². The first kappa shape index (κ1) is 22.6. The topological polar surface area (TPSA) is 92.5 Å². The minimum absolute atomic E-state index is 0.105. The van der Waals surface area contributed by atoms with Crippen LogP contribution in [-0.4, -0.2) is 36.7 Å². The molecule has 0 saturated carbocycles. The zero-order chi connectivity index (χ0) is 22.6. The van der Waals surface area contributed by atoms with Gasteiger partial charge in [0, 0.05) is 31.6 Å². The summed E-state index contributed by atoms with van der Waals surface area (Å²) in [4.78, 5) is 16.5. The molecule has 0 saturated heterocycles. The molecular weight excluding hydrogens is 421 g/mol.